The first-order chi connectivity index (χ1) is 7.63. The van der Waals surface area contributed by atoms with Crippen LogP contribution in [0, 0.1) is 0 Å². The number of rotatable bonds is 4. The molecule has 0 saturated heterocycles. The zero-order valence-electron chi connectivity index (χ0n) is 9.47. The fourth-order valence-corrected chi connectivity index (χ4v) is 1.16. The highest BCUT2D eigenvalue weighted by Gasteiger charge is 2.02. The van der Waals surface area contributed by atoms with Gasteiger partial charge in [-0.1, -0.05) is 12.1 Å². The van der Waals surface area contributed by atoms with E-state index in [1.165, 1.54) is 0 Å². The molecule has 4 N–H and O–H groups in total. The number of nitrogens with two attached hydrogens (primary N) is 1. The van der Waals surface area contributed by atoms with Crippen LogP contribution < -0.4 is 15.8 Å². The summed E-state index contributed by atoms with van der Waals surface area (Å²) in [6.45, 7) is 1.92. The maximum atomic E-state index is 9.05. The van der Waals surface area contributed by atoms with Gasteiger partial charge in [0.2, 0.25) is 0 Å². The van der Waals surface area contributed by atoms with Crippen molar-refractivity contribution in [1.82, 2.24) is 0 Å². The van der Waals surface area contributed by atoms with Crippen molar-refractivity contribution < 1.29 is 9.84 Å². The zero-order chi connectivity index (χ0) is 12.0. The van der Waals surface area contributed by atoms with Crippen LogP contribution in [-0.2, 0) is 0 Å². The van der Waals surface area contributed by atoms with Crippen molar-refractivity contribution in [2.24, 2.45) is 10.7 Å². The van der Waals surface area contributed by atoms with Gasteiger partial charge in [0.05, 0.1) is 25.4 Å². The monoisotopic (exact) mass is 223 g/mol. The number of hydrogen-bond acceptors (Lipinski definition) is 3. The molecule has 1 aromatic carbocycles. The maximum absolute atomic E-state index is 9.05. The first-order valence-electron chi connectivity index (χ1n) is 5.01. The van der Waals surface area contributed by atoms with Gasteiger partial charge in [-0.05, 0) is 19.1 Å². The van der Waals surface area contributed by atoms with E-state index in [1.807, 2.05) is 24.3 Å². The normalized spacial score (nSPS) is 13.3. The van der Waals surface area contributed by atoms with E-state index in [0.29, 0.717) is 5.75 Å². The van der Waals surface area contributed by atoms with Crippen LogP contribution in [0.3, 0.4) is 0 Å². The second kappa shape index (κ2) is 5.97. The number of nitrogens with zero attached hydrogens (tertiary/aromatic N) is 1. The molecule has 0 aromatic heterocycles. The molecule has 1 rings (SSSR count). The maximum Gasteiger partial charge on any atom is 0.193 e. The summed E-state index contributed by atoms with van der Waals surface area (Å²) in [5.74, 6) is 0.947. The molecular formula is C11H17N3O2. The smallest absolute Gasteiger partial charge is 0.193 e. The number of nitrogens with one attached hydrogen (secondary N) is 1. The molecule has 1 aromatic rings. The molecule has 0 aliphatic carbocycles. The number of ether oxygens (including phenoxy) is 1. The summed E-state index contributed by atoms with van der Waals surface area (Å²) < 4.78 is 5.15. The van der Waals surface area contributed by atoms with Crippen LogP contribution in [0.5, 0.6) is 5.75 Å². The molecular weight excluding hydrogens is 206 g/mol. The van der Waals surface area contributed by atoms with Gasteiger partial charge in [-0.2, -0.15) is 0 Å². The second-order valence-electron chi connectivity index (χ2n) is 3.40. The lowest BCUT2D eigenvalue weighted by atomic mass is 10.3. The molecule has 0 saturated carbocycles. The third-order valence-corrected chi connectivity index (χ3v) is 1.90. The number of para-hydroxylation sites is 2. The van der Waals surface area contributed by atoms with Crippen LogP contribution in [0.2, 0.25) is 0 Å². The Morgan fingerprint density at radius 3 is 2.88 bits per heavy atom. The van der Waals surface area contributed by atoms with Gasteiger partial charge in [0.15, 0.2) is 5.96 Å². The van der Waals surface area contributed by atoms with Crippen LogP contribution >= 0.6 is 0 Å². The predicted octanol–water partition coefficient (Wildman–Crippen LogP) is 0.803. The van der Waals surface area contributed by atoms with Gasteiger partial charge in [-0.25, -0.2) is 0 Å². The molecule has 0 aliphatic rings. The predicted molar refractivity (Wildman–Crippen MR) is 64.8 cm³/mol. The van der Waals surface area contributed by atoms with E-state index in [9.17, 15) is 0 Å². The van der Waals surface area contributed by atoms with Crippen molar-refractivity contribution in [3.8, 4) is 5.75 Å². The molecule has 0 fully saturated rings. The highest BCUT2D eigenvalue weighted by Crippen LogP contribution is 2.22. The minimum absolute atomic E-state index is 0.255. The average Bonchev–Trinajstić information content (AvgIpc) is 2.27. The van der Waals surface area contributed by atoms with E-state index >= 15 is 0 Å². The summed E-state index contributed by atoms with van der Waals surface area (Å²) in [5, 5.41) is 12.0. The van der Waals surface area contributed by atoms with Gasteiger partial charge in [0.1, 0.15) is 5.75 Å². The minimum Gasteiger partial charge on any atom is -0.495 e. The van der Waals surface area contributed by atoms with Crippen LogP contribution in [0.1, 0.15) is 6.92 Å². The van der Waals surface area contributed by atoms with Gasteiger partial charge in [0, 0.05) is 0 Å². The molecule has 1 atom stereocenters. The topological polar surface area (TPSA) is 79.9 Å². The number of aliphatic hydroxyl groups is 1. The summed E-state index contributed by atoms with van der Waals surface area (Å²) in [7, 11) is 1.59. The second-order valence-corrected chi connectivity index (χ2v) is 3.40. The molecule has 16 heavy (non-hydrogen) atoms. The standard InChI is InChI=1S/C11H17N3O2/c1-8(15)7-13-11(12)14-9-5-3-4-6-10(9)16-2/h3-6,8,15H,7H2,1-2H3,(H3,12,13,14). The van der Waals surface area contributed by atoms with Crippen molar-refractivity contribution in [3.63, 3.8) is 0 Å². The molecule has 5 heteroatoms. The summed E-state index contributed by atoms with van der Waals surface area (Å²) in [6.07, 6.45) is -0.502. The van der Waals surface area contributed by atoms with Gasteiger partial charge in [0.25, 0.3) is 0 Å². The minimum atomic E-state index is -0.502. The van der Waals surface area contributed by atoms with Gasteiger partial charge in [-0.15, -0.1) is 0 Å². The van der Waals surface area contributed by atoms with E-state index < -0.39 is 6.10 Å². The van der Waals surface area contributed by atoms with Gasteiger partial charge in [-0.3, -0.25) is 4.99 Å². The Bertz CT molecular complexity index is 364. The number of aliphatic imine (C=N–C) groups is 1. The number of benzene rings is 1. The molecule has 1 unspecified atom stereocenters. The average molecular weight is 223 g/mol. The van der Waals surface area contributed by atoms with Crippen molar-refractivity contribution in [3.05, 3.63) is 24.3 Å². The van der Waals surface area contributed by atoms with E-state index in [0.717, 1.165) is 5.69 Å². The number of hydrogen-bond donors (Lipinski definition) is 3. The van der Waals surface area contributed by atoms with Crippen LogP contribution in [-0.4, -0.2) is 30.8 Å². The van der Waals surface area contributed by atoms with E-state index in [4.69, 9.17) is 15.6 Å². The fraction of sp³-hybridized carbons (Fsp3) is 0.364. The summed E-state index contributed by atoms with van der Waals surface area (Å²) >= 11 is 0. The molecule has 5 nitrogen and oxygen atoms in total. The summed E-state index contributed by atoms with van der Waals surface area (Å²) in [4.78, 5) is 3.97. The van der Waals surface area contributed by atoms with Crippen molar-refractivity contribution in [2.75, 3.05) is 19.0 Å². The molecule has 0 spiro atoms. The Kier molecular flexibility index (Phi) is 4.60. The third-order valence-electron chi connectivity index (χ3n) is 1.90. The SMILES string of the molecule is COc1ccccc1NC(N)=NCC(C)O. The lowest BCUT2D eigenvalue weighted by molar-refractivity contribution is 0.204. The van der Waals surface area contributed by atoms with Gasteiger partial charge < -0.3 is 20.9 Å². The van der Waals surface area contributed by atoms with Crippen molar-refractivity contribution in [2.45, 2.75) is 13.0 Å². The Hall–Kier alpha value is -1.75. The highest BCUT2D eigenvalue weighted by atomic mass is 16.5. The van der Waals surface area contributed by atoms with E-state index in [1.54, 1.807) is 14.0 Å². The fourth-order valence-electron chi connectivity index (χ4n) is 1.16. The number of anilines is 1. The third kappa shape index (κ3) is 3.78. The lowest BCUT2D eigenvalue weighted by Gasteiger charge is -2.10. The van der Waals surface area contributed by atoms with Crippen LogP contribution in [0.4, 0.5) is 5.69 Å². The molecule has 0 heterocycles. The number of guanidine groups is 1. The largest absolute Gasteiger partial charge is 0.495 e. The van der Waals surface area contributed by atoms with E-state index in [2.05, 4.69) is 10.3 Å². The lowest BCUT2D eigenvalue weighted by Crippen LogP contribution is -2.24. The molecule has 0 aliphatic heterocycles. The summed E-state index contributed by atoms with van der Waals surface area (Å²) in [6, 6.07) is 7.40. The van der Waals surface area contributed by atoms with Crippen LogP contribution in [0.25, 0.3) is 0 Å². The first-order valence-corrected chi connectivity index (χ1v) is 5.01. The van der Waals surface area contributed by atoms with Gasteiger partial charge >= 0.3 is 0 Å². The number of methoxy groups -OCH3 is 1. The quantitative estimate of drug-likeness (QED) is 0.521. The van der Waals surface area contributed by atoms with Crippen molar-refractivity contribution in [1.29, 1.82) is 0 Å². The molecule has 0 radical (unpaired) electrons. The Labute approximate surface area is 94.9 Å². The molecule has 0 amide bonds. The molecule has 88 valence electrons. The first kappa shape index (κ1) is 12.3. The van der Waals surface area contributed by atoms with E-state index in [-0.39, 0.29) is 12.5 Å². The van der Waals surface area contributed by atoms with Crippen molar-refractivity contribution >= 4 is 11.6 Å². The highest BCUT2D eigenvalue weighted by molar-refractivity contribution is 5.93. The van der Waals surface area contributed by atoms with Crippen LogP contribution in [0.15, 0.2) is 29.3 Å². The zero-order valence-corrected chi connectivity index (χ0v) is 9.47. The summed E-state index contributed by atoms with van der Waals surface area (Å²) in [5.41, 5.74) is 6.40. The Morgan fingerprint density at radius 1 is 1.56 bits per heavy atom. The Morgan fingerprint density at radius 2 is 2.25 bits per heavy atom. The number of aliphatic hydroxyl groups excluding tert-OH is 1. The molecule has 0 bridgehead atoms. The Balaban J connectivity index is 2.68.